The van der Waals surface area contributed by atoms with Crippen molar-refractivity contribution in [3.8, 4) is 0 Å². The summed E-state index contributed by atoms with van der Waals surface area (Å²) >= 11 is 0. The van der Waals surface area contributed by atoms with Crippen molar-refractivity contribution < 1.29 is 29.6 Å². The van der Waals surface area contributed by atoms with Crippen LogP contribution in [0.5, 0.6) is 0 Å². The summed E-state index contributed by atoms with van der Waals surface area (Å²) in [7, 11) is 0. The van der Waals surface area contributed by atoms with E-state index in [1.165, 1.54) is 4.68 Å². The first-order valence-electron chi connectivity index (χ1n) is 9.39. The molecule has 6 atom stereocenters. The van der Waals surface area contributed by atoms with Crippen molar-refractivity contribution >= 4 is 11.6 Å². The van der Waals surface area contributed by atoms with Crippen LogP contribution in [-0.4, -0.2) is 66.8 Å². The highest BCUT2D eigenvalue weighted by atomic mass is 16.5. The molecule has 6 unspecified atom stereocenters. The van der Waals surface area contributed by atoms with Crippen molar-refractivity contribution in [2.45, 2.75) is 71.0 Å². The number of Topliss-reactive ketones (excluding diaryl/α,β-unsaturated/α-hetero) is 2. The van der Waals surface area contributed by atoms with Crippen LogP contribution < -0.4 is 0 Å². The third-order valence-electron chi connectivity index (χ3n) is 5.18. The van der Waals surface area contributed by atoms with E-state index in [0.717, 1.165) is 0 Å². The highest BCUT2D eigenvalue weighted by Gasteiger charge is 2.43. The molecule has 1 aliphatic heterocycles. The lowest BCUT2D eigenvalue weighted by Gasteiger charge is -2.40. The zero-order chi connectivity index (χ0) is 20.1. The number of carbonyl (C=O) groups excluding carboxylic acids is 2. The largest absolute Gasteiger partial charge is 0.394 e. The fourth-order valence-electron chi connectivity index (χ4n) is 3.38. The second-order valence-corrected chi connectivity index (χ2v) is 7.12. The second kappa shape index (κ2) is 9.50. The molecule has 0 aromatic carbocycles. The van der Waals surface area contributed by atoms with Crippen molar-refractivity contribution in [1.82, 2.24) is 15.0 Å². The molecule has 9 nitrogen and oxygen atoms in total. The molecule has 1 aromatic heterocycles. The minimum absolute atomic E-state index is 0.0587. The molecular weight excluding hydrogens is 354 g/mol. The number of rotatable bonds is 9. The minimum Gasteiger partial charge on any atom is -0.394 e. The second-order valence-electron chi connectivity index (χ2n) is 7.12. The third kappa shape index (κ3) is 4.98. The number of hydrogen-bond acceptors (Lipinski definition) is 8. The summed E-state index contributed by atoms with van der Waals surface area (Å²) in [4.78, 5) is 24.1. The van der Waals surface area contributed by atoms with Crippen LogP contribution in [0.25, 0.3) is 0 Å². The maximum atomic E-state index is 12.3. The smallest absolute Gasteiger partial charge is 0.157 e. The van der Waals surface area contributed by atoms with Crippen LogP contribution in [0, 0.1) is 11.8 Å². The number of ketones is 2. The van der Waals surface area contributed by atoms with Gasteiger partial charge in [0.1, 0.15) is 23.8 Å². The molecule has 0 saturated carbocycles. The Morgan fingerprint density at radius 3 is 2.59 bits per heavy atom. The van der Waals surface area contributed by atoms with Gasteiger partial charge < -0.3 is 20.1 Å². The van der Waals surface area contributed by atoms with Crippen molar-refractivity contribution in [3.63, 3.8) is 0 Å². The van der Waals surface area contributed by atoms with Crippen LogP contribution >= 0.6 is 0 Å². The molecule has 0 aliphatic carbocycles. The Morgan fingerprint density at radius 1 is 1.30 bits per heavy atom. The lowest BCUT2D eigenvalue weighted by molar-refractivity contribution is -0.231. The number of hydrogen-bond donors (Lipinski definition) is 3. The van der Waals surface area contributed by atoms with Gasteiger partial charge >= 0.3 is 0 Å². The zero-order valence-electron chi connectivity index (χ0n) is 16.0. The Hall–Kier alpha value is -1.68. The molecule has 3 N–H and O–H groups in total. The lowest BCUT2D eigenvalue weighted by atomic mass is 9.91. The molecule has 0 amide bonds. The summed E-state index contributed by atoms with van der Waals surface area (Å²) < 4.78 is 7.02. The fraction of sp³-hybridized carbons (Fsp3) is 0.778. The van der Waals surface area contributed by atoms with Gasteiger partial charge in [-0.3, -0.25) is 9.59 Å². The predicted octanol–water partition coefficient (Wildman–Crippen LogP) is 0.0327. The molecule has 2 rings (SSSR count). The maximum absolute atomic E-state index is 12.3. The molecule has 1 fully saturated rings. The van der Waals surface area contributed by atoms with E-state index in [-0.39, 0.29) is 30.3 Å². The van der Waals surface area contributed by atoms with Gasteiger partial charge in [-0.25, -0.2) is 4.68 Å². The van der Waals surface area contributed by atoms with Gasteiger partial charge in [-0.2, -0.15) is 0 Å². The molecule has 0 radical (unpaired) electrons. The number of aromatic nitrogens is 3. The Bertz CT molecular complexity index is 647. The standard InChI is InChI=1S/C18H29N3O6/c1-4-11(14(24)5-2)6-13(23)7-12-8-21(20-19-12)18-10(3)16(25)17(26)15(9-22)27-18/h8,10-11,15-18,22,25-26H,4-7,9H2,1-3H3. The summed E-state index contributed by atoms with van der Waals surface area (Å²) in [5.41, 5.74) is 0.441. The minimum atomic E-state index is -1.19. The van der Waals surface area contributed by atoms with Gasteiger partial charge in [0.05, 0.1) is 31.0 Å². The van der Waals surface area contributed by atoms with E-state index in [0.29, 0.717) is 18.5 Å². The Labute approximate surface area is 158 Å². The quantitative estimate of drug-likeness (QED) is 0.544. The van der Waals surface area contributed by atoms with E-state index in [2.05, 4.69) is 10.3 Å². The summed E-state index contributed by atoms with van der Waals surface area (Å²) in [6.07, 6.45) is -1.08. The summed E-state index contributed by atoms with van der Waals surface area (Å²) in [5, 5.41) is 37.3. The predicted molar refractivity (Wildman–Crippen MR) is 94.6 cm³/mol. The molecule has 152 valence electrons. The van der Waals surface area contributed by atoms with E-state index in [1.807, 2.05) is 6.92 Å². The molecule has 2 heterocycles. The van der Waals surface area contributed by atoms with Gasteiger partial charge in [-0.05, 0) is 6.42 Å². The number of carbonyl (C=O) groups is 2. The summed E-state index contributed by atoms with van der Waals surface area (Å²) in [6, 6.07) is 0. The first kappa shape index (κ1) is 21.6. The SMILES string of the molecule is CCC(=O)C(CC)CC(=O)Cc1cn(C2OC(CO)C(O)C(O)C2C)nn1. The normalized spacial score (nSPS) is 29.5. The van der Waals surface area contributed by atoms with Crippen LogP contribution in [0.4, 0.5) is 0 Å². The molecule has 1 aliphatic rings. The van der Waals surface area contributed by atoms with Crippen LogP contribution in [-0.2, 0) is 20.7 Å². The zero-order valence-corrected chi connectivity index (χ0v) is 16.0. The van der Waals surface area contributed by atoms with Crippen molar-refractivity contribution in [1.29, 1.82) is 0 Å². The van der Waals surface area contributed by atoms with Gasteiger partial charge in [0, 0.05) is 24.7 Å². The van der Waals surface area contributed by atoms with E-state index in [4.69, 9.17) is 4.74 Å². The molecule has 0 bridgehead atoms. The average Bonchev–Trinajstić information content (AvgIpc) is 3.11. The number of nitrogens with zero attached hydrogens (tertiary/aromatic N) is 3. The fourth-order valence-corrected chi connectivity index (χ4v) is 3.38. The Balaban J connectivity index is 2.03. The number of aliphatic hydroxyl groups is 3. The first-order valence-corrected chi connectivity index (χ1v) is 9.39. The van der Waals surface area contributed by atoms with Gasteiger partial charge in [-0.15, -0.1) is 5.10 Å². The van der Waals surface area contributed by atoms with E-state index >= 15 is 0 Å². The third-order valence-corrected chi connectivity index (χ3v) is 5.18. The molecule has 1 saturated heterocycles. The molecular formula is C18H29N3O6. The van der Waals surface area contributed by atoms with Crippen molar-refractivity contribution in [2.24, 2.45) is 11.8 Å². The first-order chi connectivity index (χ1) is 12.8. The highest BCUT2D eigenvalue weighted by Crippen LogP contribution is 2.32. The maximum Gasteiger partial charge on any atom is 0.157 e. The number of aliphatic hydroxyl groups excluding tert-OH is 3. The topological polar surface area (TPSA) is 135 Å². The van der Waals surface area contributed by atoms with Crippen LogP contribution in [0.2, 0.25) is 0 Å². The highest BCUT2D eigenvalue weighted by molar-refractivity contribution is 5.88. The van der Waals surface area contributed by atoms with E-state index in [1.54, 1.807) is 20.0 Å². The average molecular weight is 383 g/mol. The molecule has 1 aromatic rings. The van der Waals surface area contributed by atoms with Crippen LogP contribution in [0.3, 0.4) is 0 Å². The Kier molecular flexibility index (Phi) is 7.60. The van der Waals surface area contributed by atoms with Crippen LogP contribution in [0.1, 0.15) is 52.0 Å². The number of ether oxygens (including phenoxy) is 1. The van der Waals surface area contributed by atoms with Crippen molar-refractivity contribution in [3.05, 3.63) is 11.9 Å². The molecule has 9 heteroatoms. The molecule has 27 heavy (non-hydrogen) atoms. The molecule has 0 spiro atoms. The van der Waals surface area contributed by atoms with Crippen molar-refractivity contribution in [2.75, 3.05) is 6.61 Å². The summed E-state index contributed by atoms with van der Waals surface area (Å²) in [5.74, 6) is -0.751. The lowest BCUT2D eigenvalue weighted by Crippen LogP contribution is -2.53. The van der Waals surface area contributed by atoms with Gasteiger partial charge in [0.2, 0.25) is 0 Å². The van der Waals surface area contributed by atoms with E-state index in [9.17, 15) is 24.9 Å². The van der Waals surface area contributed by atoms with Gasteiger partial charge in [0.15, 0.2) is 6.23 Å². The Morgan fingerprint density at radius 2 is 2.00 bits per heavy atom. The summed E-state index contributed by atoms with van der Waals surface area (Å²) in [6.45, 7) is 4.94. The monoisotopic (exact) mass is 383 g/mol. The van der Waals surface area contributed by atoms with E-state index < -0.39 is 37.1 Å². The van der Waals surface area contributed by atoms with Gasteiger partial charge in [0.25, 0.3) is 0 Å². The van der Waals surface area contributed by atoms with Gasteiger partial charge in [-0.1, -0.05) is 26.0 Å². The van der Waals surface area contributed by atoms with Crippen LogP contribution in [0.15, 0.2) is 6.20 Å².